The molecule has 0 unspecified atom stereocenters. The second-order valence-electron chi connectivity index (χ2n) is 17.3. The average Bonchev–Trinajstić information content (AvgIpc) is 3.84. The monoisotopic (exact) mass is 657 g/mol. The lowest BCUT2D eigenvalue weighted by atomic mass is 9.81. The van der Waals surface area contributed by atoms with E-state index in [1.807, 2.05) is 48.5 Å². The van der Waals surface area contributed by atoms with Crippen LogP contribution in [-0.2, 0) is 28.8 Å². The summed E-state index contributed by atoms with van der Waals surface area (Å²) in [5.41, 5.74) is -1.56. The smallest absolute Gasteiger partial charge is 0.289 e. The highest BCUT2D eigenvalue weighted by Crippen LogP contribution is 2.65. The molecule has 0 aromatic carbocycles. The van der Waals surface area contributed by atoms with Gasteiger partial charge >= 0.3 is 0 Å². The zero-order chi connectivity index (χ0) is 35.1. The van der Waals surface area contributed by atoms with E-state index in [4.69, 9.17) is 0 Å². The van der Waals surface area contributed by atoms with Crippen molar-refractivity contribution in [3.63, 3.8) is 0 Å². The molecule has 4 rings (SSSR count). The van der Waals surface area contributed by atoms with Crippen LogP contribution in [0, 0.1) is 34.0 Å². The van der Waals surface area contributed by atoms with Gasteiger partial charge in [-0.25, -0.2) is 0 Å². The number of carbonyl (C=O) groups excluding carboxylic acids is 6. The van der Waals surface area contributed by atoms with Gasteiger partial charge in [0.1, 0.15) is 18.1 Å². The van der Waals surface area contributed by atoms with E-state index in [2.05, 4.69) is 35.1 Å². The van der Waals surface area contributed by atoms with E-state index in [9.17, 15) is 28.8 Å². The first-order chi connectivity index (χ1) is 21.8. The molecular weight excluding hydrogens is 598 g/mol. The van der Waals surface area contributed by atoms with Crippen molar-refractivity contribution in [2.45, 2.75) is 150 Å². The standard InChI is InChI=1S/C36H59N5O6/c1-10-14-23(27(42)31(45)37-21-17-18-21)38-30(44)26-24-22(36(24,8)9)19-41(26)32(46)28(34(2,3)4)40-29(43)25(20-15-12-11-13-16-20)39-33(47)35(5,6)7/h20-26,28H,10-19H2,1-9H3,(H,37,45)(H,38,44)(H,39,47)(H,40,43)/t22-,23-,24-,25-,26-,28+/m0/s1. The van der Waals surface area contributed by atoms with Crippen molar-refractivity contribution in [1.29, 1.82) is 0 Å². The van der Waals surface area contributed by atoms with Crippen molar-refractivity contribution in [2.24, 2.45) is 34.0 Å². The molecule has 1 heterocycles. The van der Waals surface area contributed by atoms with Gasteiger partial charge in [0, 0.05) is 18.0 Å². The summed E-state index contributed by atoms with van der Waals surface area (Å²) in [5.74, 6) is -2.81. The van der Waals surface area contributed by atoms with E-state index in [-0.39, 0.29) is 46.9 Å². The predicted octanol–water partition coefficient (Wildman–Crippen LogP) is 3.24. The number of piperidine rings is 1. The molecule has 0 aromatic rings. The first-order valence-electron chi connectivity index (χ1n) is 17.9. The molecule has 3 aliphatic carbocycles. The normalized spacial score (nSPS) is 25.9. The van der Waals surface area contributed by atoms with Gasteiger partial charge in [0.15, 0.2) is 0 Å². The Morgan fingerprint density at radius 3 is 2.00 bits per heavy atom. The lowest BCUT2D eigenvalue weighted by Crippen LogP contribution is -2.63. The van der Waals surface area contributed by atoms with Gasteiger partial charge in [-0.3, -0.25) is 28.8 Å². The Labute approximate surface area is 280 Å². The van der Waals surface area contributed by atoms with Crippen LogP contribution in [0.1, 0.15) is 120 Å². The van der Waals surface area contributed by atoms with Crippen molar-refractivity contribution in [2.75, 3.05) is 6.54 Å². The number of hydrogen-bond acceptors (Lipinski definition) is 6. The minimum Gasteiger partial charge on any atom is -0.347 e. The van der Waals surface area contributed by atoms with Crippen molar-refractivity contribution in [3.05, 3.63) is 0 Å². The number of nitrogens with zero attached hydrogens (tertiary/aromatic N) is 1. The maximum absolute atomic E-state index is 14.5. The Morgan fingerprint density at radius 2 is 1.47 bits per heavy atom. The molecule has 4 fully saturated rings. The summed E-state index contributed by atoms with van der Waals surface area (Å²) in [4.78, 5) is 83.0. The number of likely N-dealkylation sites (tertiary alicyclic amines) is 1. The summed E-state index contributed by atoms with van der Waals surface area (Å²) in [5, 5.41) is 11.6. The fourth-order valence-corrected chi connectivity index (χ4v) is 7.54. The van der Waals surface area contributed by atoms with E-state index in [0.29, 0.717) is 19.4 Å². The zero-order valence-electron chi connectivity index (χ0n) is 30.1. The van der Waals surface area contributed by atoms with Crippen LogP contribution in [0.15, 0.2) is 0 Å². The van der Waals surface area contributed by atoms with E-state index >= 15 is 0 Å². The van der Waals surface area contributed by atoms with E-state index in [1.54, 1.807) is 4.90 Å². The number of nitrogens with one attached hydrogen (secondary N) is 4. The quantitative estimate of drug-likeness (QED) is 0.237. The fourth-order valence-electron chi connectivity index (χ4n) is 7.54. The summed E-state index contributed by atoms with van der Waals surface area (Å²) in [6, 6.07) is -3.53. The predicted molar refractivity (Wildman–Crippen MR) is 179 cm³/mol. The summed E-state index contributed by atoms with van der Waals surface area (Å²) in [7, 11) is 0. The molecule has 1 saturated heterocycles. The minimum absolute atomic E-state index is 0.0180. The molecule has 11 heteroatoms. The van der Waals surface area contributed by atoms with Crippen LogP contribution < -0.4 is 21.3 Å². The SMILES string of the molecule is CCC[C@H](NC(=O)[C@@H]1[C@@H]2[C@H](CN1C(=O)[C@@H](NC(=O)[C@@H](NC(=O)C(C)(C)C)C1CCCCC1)C(C)(C)C)C2(C)C)C(=O)C(=O)NC1CC1. The molecule has 0 spiro atoms. The van der Waals surface area contributed by atoms with Gasteiger partial charge in [0.25, 0.3) is 5.91 Å². The highest BCUT2D eigenvalue weighted by Gasteiger charge is 2.70. The Hall–Kier alpha value is -2.98. The van der Waals surface area contributed by atoms with E-state index in [0.717, 1.165) is 44.9 Å². The van der Waals surface area contributed by atoms with Gasteiger partial charge in [-0.1, -0.05) is 88.0 Å². The van der Waals surface area contributed by atoms with Gasteiger partial charge in [-0.2, -0.15) is 0 Å². The highest BCUT2D eigenvalue weighted by molar-refractivity contribution is 6.38. The second-order valence-corrected chi connectivity index (χ2v) is 17.3. The summed E-state index contributed by atoms with van der Waals surface area (Å²) < 4.78 is 0. The molecule has 1 aliphatic heterocycles. The number of rotatable bonds is 12. The van der Waals surface area contributed by atoms with Crippen molar-refractivity contribution < 1.29 is 28.8 Å². The number of amides is 5. The molecule has 3 saturated carbocycles. The van der Waals surface area contributed by atoms with Crippen molar-refractivity contribution >= 4 is 35.3 Å². The van der Waals surface area contributed by atoms with Gasteiger partial charge in [-0.15, -0.1) is 0 Å². The lowest BCUT2D eigenvalue weighted by molar-refractivity contribution is -0.147. The molecule has 0 bridgehead atoms. The Morgan fingerprint density at radius 1 is 0.851 bits per heavy atom. The molecule has 4 aliphatic rings. The zero-order valence-corrected chi connectivity index (χ0v) is 30.1. The van der Waals surface area contributed by atoms with Crippen LogP contribution >= 0.6 is 0 Å². The summed E-state index contributed by atoms with van der Waals surface area (Å²) >= 11 is 0. The van der Waals surface area contributed by atoms with E-state index < -0.39 is 52.6 Å². The largest absolute Gasteiger partial charge is 0.347 e. The average molecular weight is 658 g/mol. The highest BCUT2D eigenvalue weighted by atomic mass is 16.2. The third-order valence-corrected chi connectivity index (χ3v) is 10.9. The van der Waals surface area contributed by atoms with Crippen LogP contribution in [0.5, 0.6) is 0 Å². The summed E-state index contributed by atoms with van der Waals surface area (Å²) in [6.45, 7) is 17.5. The van der Waals surface area contributed by atoms with Crippen molar-refractivity contribution in [3.8, 4) is 0 Å². The molecule has 0 aromatic heterocycles. The Kier molecular flexibility index (Phi) is 10.9. The van der Waals surface area contributed by atoms with Crippen molar-refractivity contribution in [1.82, 2.24) is 26.2 Å². The van der Waals surface area contributed by atoms with Gasteiger partial charge in [0.2, 0.25) is 29.4 Å². The number of carbonyl (C=O) groups is 6. The Bertz CT molecular complexity index is 1240. The molecular formula is C36H59N5O6. The van der Waals surface area contributed by atoms with Crippen LogP contribution in [0.3, 0.4) is 0 Å². The lowest BCUT2D eigenvalue weighted by Gasteiger charge is -2.39. The van der Waals surface area contributed by atoms with Crippen LogP contribution in [0.25, 0.3) is 0 Å². The number of Topliss-reactive ketones (excluding diaryl/α,β-unsaturated/α-hetero) is 1. The number of ketones is 1. The minimum atomic E-state index is -0.982. The third kappa shape index (κ3) is 8.37. The maximum Gasteiger partial charge on any atom is 0.289 e. The van der Waals surface area contributed by atoms with Crippen LogP contribution in [0.4, 0.5) is 0 Å². The second kappa shape index (κ2) is 13.9. The van der Waals surface area contributed by atoms with E-state index in [1.165, 1.54) is 0 Å². The molecule has 5 amide bonds. The third-order valence-electron chi connectivity index (χ3n) is 10.9. The molecule has 264 valence electrons. The van der Waals surface area contributed by atoms with Gasteiger partial charge in [-0.05, 0) is 60.7 Å². The topological polar surface area (TPSA) is 154 Å². The van der Waals surface area contributed by atoms with Gasteiger partial charge < -0.3 is 26.2 Å². The maximum atomic E-state index is 14.5. The number of hydrogen-bond donors (Lipinski definition) is 4. The van der Waals surface area contributed by atoms with Crippen LogP contribution in [-0.4, -0.2) is 77.0 Å². The molecule has 47 heavy (non-hydrogen) atoms. The summed E-state index contributed by atoms with van der Waals surface area (Å²) in [6.07, 6.45) is 7.28. The first-order valence-corrected chi connectivity index (χ1v) is 17.9. The molecule has 11 nitrogen and oxygen atoms in total. The number of fused-ring (bicyclic) bond motifs is 1. The fraction of sp³-hybridized carbons (Fsp3) is 0.833. The Balaban J connectivity index is 1.56. The molecule has 0 radical (unpaired) electrons. The molecule has 6 atom stereocenters. The first kappa shape index (κ1) is 36.8. The van der Waals surface area contributed by atoms with Gasteiger partial charge in [0.05, 0.1) is 6.04 Å². The van der Waals surface area contributed by atoms with Crippen LogP contribution in [0.2, 0.25) is 0 Å². The molecule has 4 N–H and O–H groups in total.